The van der Waals surface area contributed by atoms with E-state index in [1.165, 1.54) is 0 Å². The van der Waals surface area contributed by atoms with Crippen LogP contribution in [0, 0.1) is 0 Å². The quantitative estimate of drug-likeness (QED) is 0.811. The van der Waals surface area contributed by atoms with Gasteiger partial charge in [0, 0.05) is 12.5 Å². The van der Waals surface area contributed by atoms with E-state index in [0.29, 0.717) is 6.42 Å². The molecule has 0 unspecified atom stereocenters. The van der Waals surface area contributed by atoms with Crippen molar-refractivity contribution in [3.8, 4) is 5.75 Å². The molecule has 2 N–H and O–H groups in total. The van der Waals surface area contributed by atoms with E-state index in [1.54, 1.807) is 14.0 Å². The minimum atomic E-state index is -0.542. The first-order valence-corrected chi connectivity index (χ1v) is 7.57. The van der Waals surface area contributed by atoms with Crippen LogP contribution < -0.4 is 15.4 Å². The van der Waals surface area contributed by atoms with Gasteiger partial charge >= 0.3 is 0 Å². The number of amides is 2. The van der Waals surface area contributed by atoms with Crippen LogP contribution in [0.2, 0.25) is 0 Å². The van der Waals surface area contributed by atoms with Crippen LogP contribution in [0.4, 0.5) is 0 Å². The third kappa shape index (κ3) is 5.39. The van der Waals surface area contributed by atoms with Gasteiger partial charge in [0.2, 0.25) is 11.8 Å². The lowest BCUT2D eigenvalue weighted by molar-refractivity contribution is -0.129. The number of carbonyl (C=O) groups is 2. The molecule has 2 atom stereocenters. The fourth-order valence-electron chi connectivity index (χ4n) is 2.24. The monoisotopic (exact) mass is 306 g/mol. The van der Waals surface area contributed by atoms with Crippen LogP contribution in [0.1, 0.15) is 45.6 Å². The summed E-state index contributed by atoms with van der Waals surface area (Å²) in [5, 5.41) is 5.51. The molecule has 5 nitrogen and oxygen atoms in total. The van der Waals surface area contributed by atoms with Crippen LogP contribution in [-0.4, -0.2) is 31.0 Å². The average molecular weight is 306 g/mol. The maximum Gasteiger partial charge on any atom is 0.242 e. The summed E-state index contributed by atoms with van der Waals surface area (Å²) in [6.45, 7) is 7.42. The van der Waals surface area contributed by atoms with Crippen molar-refractivity contribution >= 4 is 11.8 Å². The third-order valence-corrected chi connectivity index (χ3v) is 3.36. The highest BCUT2D eigenvalue weighted by Crippen LogP contribution is 2.28. The second-order valence-electron chi connectivity index (χ2n) is 5.80. The Hall–Kier alpha value is -2.04. The van der Waals surface area contributed by atoms with Crippen molar-refractivity contribution in [3.05, 3.63) is 29.8 Å². The topological polar surface area (TPSA) is 67.4 Å². The number of methoxy groups -OCH3 is 1. The van der Waals surface area contributed by atoms with Gasteiger partial charge in [-0.3, -0.25) is 9.59 Å². The van der Waals surface area contributed by atoms with Crippen LogP contribution in [0.25, 0.3) is 0 Å². The van der Waals surface area contributed by atoms with Crippen LogP contribution in [0.3, 0.4) is 0 Å². The largest absolute Gasteiger partial charge is 0.496 e. The maximum absolute atomic E-state index is 12.1. The molecular formula is C17H26N2O3. The lowest BCUT2D eigenvalue weighted by Crippen LogP contribution is -2.46. The number of rotatable bonds is 7. The zero-order valence-electron chi connectivity index (χ0n) is 14.0. The molecule has 0 saturated heterocycles. The summed E-state index contributed by atoms with van der Waals surface area (Å²) in [7, 11) is 1.62. The Morgan fingerprint density at radius 1 is 1.09 bits per heavy atom. The zero-order chi connectivity index (χ0) is 16.7. The van der Waals surface area contributed by atoms with Gasteiger partial charge in [0.05, 0.1) is 7.11 Å². The highest BCUT2D eigenvalue weighted by Gasteiger charge is 2.19. The van der Waals surface area contributed by atoms with Gasteiger partial charge in [-0.25, -0.2) is 0 Å². The number of benzene rings is 1. The Morgan fingerprint density at radius 3 is 2.32 bits per heavy atom. The number of ether oxygens (including phenoxy) is 1. The Balaban J connectivity index is 2.59. The number of hydrogen-bond acceptors (Lipinski definition) is 3. The Bertz CT molecular complexity index is 514. The second kappa shape index (κ2) is 8.41. The van der Waals surface area contributed by atoms with Gasteiger partial charge in [-0.15, -0.1) is 0 Å². The van der Waals surface area contributed by atoms with Crippen molar-refractivity contribution in [2.24, 2.45) is 0 Å². The number of hydrogen-bond donors (Lipinski definition) is 2. The first kappa shape index (κ1) is 18.0. The first-order chi connectivity index (χ1) is 10.3. The third-order valence-electron chi connectivity index (χ3n) is 3.36. The minimum absolute atomic E-state index is 0.0107. The summed E-state index contributed by atoms with van der Waals surface area (Å²) < 4.78 is 5.32. The van der Waals surface area contributed by atoms with E-state index < -0.39 is 6.04 Å². The molecule has 0 heterocycles. The van der Waals surface area contributed by atoms with E-state index in [1.807, 2.05) is 45.0 Å². The van der Waals surface area contributed by atoms with Gasteiger partial charge in [0.15, 0.2) is 0 Å². The van der Waals surface area contributed by atoms with Crippen LogP contribution in [-0.2, 0) is 9.59 Å². The van der Waals surface area contributed by atoms with Gasteiger partial charge in [-0.05, 0) is 38.3 Å². The van der Waals surface area contributed by atoms with Gasteiger partial charge in [-0.1, -0.05) is 25.1 Å². The van der Waals surface area contributed by atoms with Crippen molar-refractivity contribution < 1.29 is 14.3 Å². The fraction of sp³-hybridized carbons (Fsp3) is 0.529. The Labute approximate surface area is 132 Å². The molecule has 1 aromatic carbocycles. The van der Waals surface area contributed by atoms with Crippen LogP contribution in [0.15, 0.2) is 24.3 Å². The van der Waals surface area contributed by atoms with Crippen molar-refractivity contribution in [2.45, 2.75) is 52.1 Å². The summed E-state index contributed by atoms with van der Waals surface area (Å²) in [6, 6.07) is 7.16. The fourth-order valence-corrected chi connectivity index (χ4v) is 2.24. The zero-order valence-corrected chi connectivity index (χ0v) is 14.0. The predicted octanol–water partition coefficient (Wildman–Crippen LogP) is 2.22. The van der Waals surface area contributed by atoms with E-state index in [9.17, 15) is 9.59 Å². The standard InChI is InChI=1S/C17H26N2O3/c1-11(2)18-17(21)13(4)19-16(20)10-12(3)14-8-6-7-9-15(14)22-5/h6-9,11-13H,10H2,1-5H3,(H,18,21)(H,19,20)/t12-,13-/m0/s1. The molecule has 0 spiro atoms. The van der Waals surface area contributed by atoms with E-state index in [-0.39, 0.29) is 23.8 Å². The van der Waals surface area contributed by atoms with Gasteiger partial charge in [0.1, 0.15) is 11.8 Å². The van der Waals surface area contributed by atoms with Crippen molar-refractivity contribution in [2.75, 3.05) is 7.11 Å². The molecule has 0 fully saturated rings. The Morgan fingerprint density at radius 2 is 1.73 bits per heavy atom. The van der Waals surface area contributed by atoms with Crippen molar-refractivity contribution in [1.29, 1.82) is 0 Å². The molecule has 0 bridgehead atoms. The molecule has 2 amide bonds. The summed E-state index contributed by atoms with van der Waals surface area (Å²) in [6.07, 6.45) is 0.305. The molecule has 1 rings (SSSR count). The van der Waals surface area contributed by atoms with Crippen LogP contribution >= 0.6 is 0 Å². The molecular weight excluding hydrogens is 280 g/mol. The molecule has 0 radical (unpaired) electrons. The first-order valence-electron chi connectivity index (χ1n) is 7.57. The lowest BCUT2D eigenvalue weighted by atomic mass is 9.96. The van der Waals surface area contributed by atoms with Gasteiger partial charge in [-0.2, -0.15) is 0 Å². The van der Waals surface area contributed by atoms with Crippen LogP contribution in [0.5, 0.6) is 5.75 Å². The molecule has 0 aliphatic carbocycles. The van der Waals surface area contributed by atoms with E-state index in [0.717, 1.165) is 11.3 Å². The average Bonchev–Trinajstić information content (AvgIpc) is 2.46. The molecule has 1 aromatic rings. The molecule has 0 aliphatic rings. The minimum Gasteiger partial charge on any atom is -0.496 e. The van der Waals surface area contributed by atoms with Crippen molar-refractivity contribution in [1.82, 2.24) is 10.6 Å². The second-order valence-corrected chi connectivity index (χ2v) is 5.80. The Kier molecular flexibility index (Phi) is 6.89. The maximum atomic E-state index is 12.1. The summed E-state index contributed by atoms with van der Waals surface area (Å²) in [4.78, 5) is 23.9. The smallest absolute Gasteiger partial charge is 0.242 e. The highest BCUT2D eigenvalue weighted by molar-refractivity contribution is 5.87. The van der Waals surface area contributed by atoms with Gasteiger partial charge < -0.3 is 15.4 Å². The molecule has 0 aromatic heterocycles. The highest BCUT2D eigenvalue weighted by atomic mass is 16.5. The summed E-state index contributed by atoms with van der Waals surface area (Å²) >= 11 is 0. The lowest BCUT2D eigenvalue weighted by Gasteiger charge is -2.18. The predicted molar refractivity (Wildman–Crippen MR) is 86.9 cm³/mol. The number of para-hydroxylation sites is 1. The van der Waals surface area contributed by atoms with Gasteiger partial charge in [0.25, 0.3) is 0 Å². The van der Waals surface area contributed by atoms with E-state index in [2.05, 4.69) is 10.6 Å². The molecule has 0 aliphatic heterocycles. The normalized spacial score (nSPS) is 13.4. The molecule has 5 heteroatoms. The molecule has 122 valence electrons. The summed E-state index contributed by atoms with van der Waals surface area (Å²) in [5.74, 6) is 0.461. The number of carbonyl (C=O) groups excluding carboxylic acids is 2. The SMILES string of the molecule is COc1ccccc1[C@@H](C)CC(=O)N[C@@H](C)C(=O)NC(C)C. The van der Waals surface area contributed by atoms with E-state index >= 15 is 0 Å². The number of nitrogens with one attached hydrogen (secondary N) is 2. The molecule has 0 saturated carbocycles. The van der Waals surface area contributed by atoms with Crippen molar-refractivity contribution in [3.63, 3.8) is 0 Å². The van der Waals surface area contributed by atoms with E-state index in [4.69, 9.17) is 4.74 Å². The summed E-state index contributed by atoms with van der Waals surface area (Å²) in [5.41, 5.74) is 0.986. The molecule has 22 heavy (non-hydrogen) atoms.